The molecule has 0 saturated heterocycles. The predicted molar refractivity (Wildman–Crippen MR) is 85.1 cm³/mol. The lowest BCUT2D eigenvalue weighted by molar-refractivity contribution is 0.415. The van der Waals surface area contributed by atoms with Crippen LogP contribution < -0.4 is 10.1 Å². The maximum absolute atomic E-state index is 5.30. The zero-order chi connectivity index (χ0) is 13.7. The number of benzene rings is 2. The quantitative estimate of drug-likeness (QED) is 0.662. The molecule has 2 aromatic carbocycles. The summed E-state index contributed by atoms with van der Waals surface area (Å²) in [6.07, 6.45) is 2.12. The van der Waals surface area contributed by atoms with Gasteiger partial charge in [-0.25, -0.2) is 0 Å². The molecule has 0 radical (unpaired) electrons. The molecule has 0 fully saturated rings. The van der Waals surface area contributed by atoms with Gasteiger partial charge < -0.3 is 10.1 Å². The van der Waals surface area contributed by atoms with Crippen molar-refractivity contribution in [2.24, 2.45) is 0 Å². The van der Waals surface area contributed by atoms with Gasteiger partial charge in [0.2, 0.25) is 0 Å². The van der Waals surface area contributed by atoms with Crippen molar-refractivity contribution < 1.29 is 4.74 Å². The fourth-order valence-electron chi connectivity index (χ4n) is 2.20. The Balaban J connectivity index is 2.15. The van der Waals surface area contributed by atoms with Gasteiger partial charge in [0.1, 0.15) is 5.75 Å². The summed E-state index contributed by atoms with van der Waals surface area (Å²) in [5.74, 6) is 0.910. The van der Waals surface area contributed by atoms with E-state index in [0.29, 0.717) is 0 Å². The average molecular weight is 273 g/mol. The highest BCUT2D eigenvalue weighted by Crippen LogP contribution is 2.24. The second-order valence-electron chi connectivity index (χ2n) is 4.59. The summed E-state index contributed by atoms with van der Waals surface area (Å²) < 4.78 is 5.30. The number of hydrogen-bond acceptors (Lipinski definition) is 2. The second kappa shape index (κ2) is 6.53. The maximum Gasteiger partial charge on any atom is 0.119 e. The Hall–Kier alpha value is -1.61. The highest BCUT2D eigenvalue weighted by Gasteiger charge is 2.02. The minimum absolute atomic E-state index is 0.861. The molecule has 2 nitrogen and oxygen atoms in total. The van der Waals surface area contributed by atoms with Crippen LogP contribution in [0.15, 0.2) is 36.4 Å². The molecule has 0 saturated carbocycles. The molecule has 0 aliphatic rings. The molecule has 0 aliphatic heterocycles. The molecule has 0 spiro atoms. The van der Waals surface area contributed by atoms with Crippen LogP contribution in [-0.4, -0.2) is 18.6 Å². The van der Waals surface area contributed by atoms with E-state index in [2.05, 4.69) is 35.6 Å². The molecule has 3 heteroatoms. The van der Waals surface area contributed by atoms with Crippen molar-refractivity contribution in [1.29, 1.82) is 0 Å². The monoisotopic (exact) mass is 273 g/mol. The Morgan fingerprint density at radius 3 is 2.84 bits per heavy atom. The molecule has 0 aliphatic carbocycles. The van der Waals surface area contributed by atoms with Gasteiger partial charge in [-0.2, -0.15) is 0 Å². The van der Waals surface area contributed by atoms with Crippen LogP contribution >= 0.6 is 12.2 Å². The first kappa shape index (κ1) is 13.8. The molecule has 0 aromatic heterocycles. The van der Waals surface area contributed by atoms with Gasteiger partial charge in [0, 0.05) is 6.54 Å². The van der Waals surface area contributed by atoms with Gasteiger partial charge >= 0.3 is 0 Å². The van der Waals surface area contributed by atoms with Crippen molar-refractivity contribution in [1.82, 2.24) is 5.32 Å². The van der Waals surface area contributed by atoms with Crippen LogP contribution in [0.25, 0.3) is 10.8 Å². The zero-order valence-electron chi connectivity index (χ0n) is 11.4. The molecule has 19 heavy (non-hydrogen) atoms. The van der Waals surface area contributed by atoms with E-state index in [4.69, 9.17) is 17.0 Å². The van der Waals surface area contributed by atoms with Gasteiger partial charge in [-0.3, -0.25) is 0 Å². The van der Waals surface area contributed by atoms with Crippen LogP contribution in [-0.2, 0) is 6.42 Å². The third kappa shape index (κ3) is 3.67. The van der Waals surface area contributed by atoms with Crippen molar-refractivity contribution in [3.63, 3.8) is 0 Å². The lowest BCUT2D eigenvalue weighted by atomic mass is 10.0. The first-order valence-corrected chi connectivity index (χ1v) is 6.91. The van der Waals surface area contributed by atoms with Gasteiger partial charge in [0.15, 0.2) is 0 Å². The topological polar surface area (TPSA) is 21.3 Å². The Labute approximate surface area is 119 Å². The normalized spacial score (nSPS) is 10.4. The summed E-state index contributed by atoms with van der Waals surface area (Å²) in [5, 5.41) is 5.73. The fraction of sp³-hybridized carbons (Fsp3) is 0.312. The molecular weight excluding hydrogens is 254 g/mol. The smallest absolute Gasteiger partial charge is 0.119 e. The molecule has 1 N–H and O–H groups in total. The van der Waals surface area contributed by atoms with Crippen LogP contribution in [0.3, 0.4) is 0 Å². The third-order valence-corrected chi connectivity index (χ3v) is 3.32. The van der Waals surface area contributed by atoms with E-state index in [1.165, 1.54) is 16.3 Å². The third-order valence-electron chi connectivity index (χ3n) is 3.18. The van der Waals surface area contributed by atoms with Crippen LogP contribution in [0.2, 0.25) is 0 Å². The molecule has 0 atom stereocenters. The average Bonchev–Trinajstić information content (AvgIpc) is 2.43. The summed E-state index contributed by atoms with van der Waals surface area (Å²) in [6.45, 7) is 2.84. The summed E-state index contributed by atoms with van der Waals surface area (Å²) in [7, 11) is 1.70. The van der Waals surface area contributed by atoms with E-state index in [-0.39, 0.29) is 0 Å². The van der Waals surface area contributed by atoms with Crippen molar-refractivity contribution >= 4 is 28.0 Å². The summed E-state index contributed by atoms with van der Waals surface area (Å²) in [6, 6.07) is 12.7. The minimum atomic E-state index is 0.861. The molecule has 0 amide bonds. The molecular formula is C16H19NOS. The number of fused-ring (bicyclic) bond motifs is 1. The van der Waals surface area contributed by atoms with Crippen molar-refractivity contribution in [3.05, 3.63) is 42.0 Å². The number of ether oxygens (including phenoxy) is 1. The first-order valence-electron chi connectivity index (χ1n) is 6.51. The number of rotatable bonds is 5. The Morgan fingerprint density at radius 2 is 2.11 bits per heavy atom. The van der Waals surface area contributed by atoms with Crippen molar-refractivity contribution in [2.75, 3.05) is 13.7 Å². The summed E-state index contributed by atoms with van der Waals surface area (Å²) >= 11 is 5.01. The lowest BCUT2D eigenvalue weighted by Crippen LogP contribution is -2.19. The van der Waals surface area contributed by atoms with Crippen LogP contribution in [0.5, 0.6) is 5.75 Å². The molecule has 0 bridgehead atoms. The highest BCUT2D eigenvalue weighted by atomic mass is 32.1. The van der Waals surface area contributed by atoms with E-state index in [9.17, 15) is 0 Å². The van der Waals surface area contributed by atoms with Crippen molar-refractivity contribution in [2.45, 2.75) is 19.8 Å². The van der Waals surface area contributed by atoms with Crippen LogP contribution in [0, 0.1) is 0 Å². The predicted octanol–water partition coefficient (Wildman–Crippen LogP) is 3.72. The van der Waals surface area contributed by atoms with Gasteiger partial charge in [0.25, 0.3) is 0 Å². The Morgan fingerprint density at radius 1 is 1.26 bits per heavy atom. The second-order valence-corrected chi connectivity index (χ2v) is 5.20. The van der Waals surface area contributed by atoms with Gasteiger partial charge in [-0.15, -0.1) is 0 Å². The van der Waals surface area contributed by atoms with Gasteiger partial charge in [0.05, 0.1) is 12.1 Å². The zero-order valence-corrected chi connectivity index (χ0v) is 12.2. The summed E-state index contributed by atoms with van der Waals surface area (Å²) in [5.41, 5.74) is 1.36. The highest BCUT2D eigenvalue weighted by molar-refractivity contribution is 7.80. The first-order chi connectivity index (χ1) is 9.20. The van der Waals surface area contributed by atoms with E-state index in [0.717, 1.165) is 30.1 Å². The number of thiocarbonyl (C=S) groups is 1. The van der Waals surface area contributed by atoms with Crippen molar-refractivity contribution in [3.8, 4) is 5.75 Å². The van der Waals surface area contributed by atoms with E-state index < -0.39 is 0 Å². The number of hydrogen-bond donors (Lipinski definition) is 1. The fourth-order valence-corrected chi connectivity index (χ4v) is 2.31. The molecule has 0 heterocycles. The van der Waals surface area contributed by atoms with Crippen LogP contribution in [0.4, 0.5) is 0 Å². The Kier molecular flexibility index (Phi) is 4.74. The maximum atomic E-state index is 5.30. The Bertz CT molecular complexity index is 580. The molecule has 2 aromatic rings. The lowest BCUT2D eigenvalue weighted by Gasteiger charge is -2.09. The largest absolute Gasteiger partial charge is 0.497 e. The minimum Gasteiger partial charge on any atom is -0.497 e. The van der Waals surface area contributed by atoms with Crippen LogP contribution in [0.1, 0.15) is 18.9 Å². The number of methoxy groups -OCH3 is 1. The number of nitrogens with one attached hydrogen (secondary N) is 1. The standard InChI is InChI=1S/C16H19NOS/c1-12(19)17-10-4-7-13-5-3-6-14-8-9-15(18-2)11-16(13)14/h3,5-6,8-9,11H,4,7,10H2,1-2H3,(H,17,19). The molecule has 100 valence electrons. The van der Waals surface area contributed by atoms with E-state index in [1.807, 2.05) is 13.0 Å². The molecule has 2 rings (SSSR count). The van der Waals surface area contributed by atoms with Gasteiger partial charge in [-0.05, 0) is 48.2 Å². The summed E-state index contributed by atoms with van der Waals surface area (Å²) in [4.78, 5) is 0.861. The SMILES string of the molecule is COc1ccc2cccc(CCCNC(C)=S)c2c1. The van der Waals surface area contributed by atoms with Gasteiger partial charge in [-0.1, -0.05) is 36.5 Å². The number of aryl methyl sites for hydroxylation is 1. The molecule has 0 unspecified atom stereocenters. The van der Waals surface area contributed by atoms with E-state index in [1.54, 1.807) is 7.11 Å². The van der Waals surface area contributed by atoms with E-state index >= 15 is 0 Å².